The van der Waals surface area contributed by atoms with Gasteiger partial charge in [-0.25, -0.2) is 4.98 Å². The van der Waals surface area contributed by atoms with Crippen molar-refractivity contribution in [1.82, 2.24) is 20.2 Å². The van der Waals surface area contributed by atoms with E-state index in [0.29, 0.717) is 5.69 Å². The van der Waals surface area contributed by atoms with Crippen LogP contribution in [0.2, 0.25) is 0 Å². The second-order valence-corrected chi connectivity index (χ2v) is 11.1. The molecule has 3 aromatic rings. The lowest BCUT2D eigenvalue weighted by Crippen LogP contribution is -2.38. The van der Waals surface area contributed by atoms with Crippen LogP contribution in [-0.4, -0.2) is 52.2 Å². The Kier molecular flexibility index (Phi) is 7.94. The van der Waals surface area contributed by atoms with Gasteiger partial charge in [0.25, 0.3) is 5.91 Å². The Morgan fingerprint density at radius 2 is 1.78 bits per heavy atom. The molecule has 1 fully saturated rings. The minimum atomic E-state index is -0.0791. The second kappa shape index (κ2) is 11.5. The molecule has 1 aromatic carbocycles. The number of nitrogens with zero attached hydrogens (tertiary/aromatic N) is 3. The van der Waals surface area contributed by atoms with Crippen LogP contribution in [0.3, 0.4) is 0 Å². The highest BCUT2D eigenvalue weighted by atomic mass is 16.2. The molecule has 194 valence electrons. The summed E-state index contributed by atoms with van der Waals surface area (Å²) < 4.78 is 0. The highest BCUT2D eigenvalue weighted by molar-refractivity contribution is 5.97. The monoisotopic (exact) mass is 498 g/mol. The number of Topliss-reactive ketones (excluding diaryl/α,β-unsaturated/α-hetero) is 1. The smallest absolute Gasteiger partial charge is 0.270 e. The third kappa shape index (κ3) is 6.24. The molecule has 0 bridgehead atoms. The van der Waals surface area contributed by atoms with Crippen LogP contribution in [0.1, 0.15) is 77.9 Å². The minimum absolute atomic E-state index is 0.0388. The molecule has 0 spiro atoms. The van der Waals surface area contributed by atoms with Crippen LogP contribution in [0, 0.1) is 11.8 Å². The number of hydrogen-bond donors (Lipinski definition) is 1. The van der Waals surface area contributed by atoms with Crippen molar-refractivity contribution < 1.29 is 9.59 Å². The van der Waals surface area contributed by atoms with Crippen LogP contribution >= 0.6 is 0 Å². The van der Waals surface area contributed by atoms with Crippen molar-refractivity contribution in [1.29, 1.82) is 0 Å². The molecule has 3 heterocycles. The van der Waals surface area contributed by atoms with Gasteiger partial charge in [0.1, 0.15) is 5.69 Å². The lowest BCUT2D eigenvalue weighted by Gasteiger charge is -2.30. The molecular formula is C31H38N4O2. The van der Waals surface area contributed by atoms with Crippen LogP contribution in [0.5, 0.6) is 0 Å². The number of hydrogen-bond acceptors (Lipinski definition) is 5. The fourth-order valence-corrected chi connectivity index (χ4v) is 5.79. The summed E-state index contributed by atoms with van der Waals surface area (Å²) in [6.07, 6.45) is 11.2. The van der Waals surface area contributed by atoms with Crippen molar-refractivity contribution in [3.05, 3.63) is 71.2 Å². The molecule has 2 aromatic heterocycles. The van der Waals surface area contributed by atoms with E-state index >= 15 is 0 Å². The van der Waals surface area contributed by atoms with Crippen molar-refractivity contribution in [2.75, 3.05) is 19.6 Å². The molecular weight excluding hydrogens is 460 g/mol. The van der Waals surface area contributed by atoms with Gasteiger partial charge >= 0.3 is 0 Å². The normalized spacial score (nSPS) is 20.4. The third-order valence-electron chi connectivity index (χ3n) is 8.17. The molecule has 1 aliphatic carbocycles. The van der Waals surface area contributed by atoms with Gasteiger partial charge in [0.2, 0.25) is 0 Å². The Hall–Kier alpha value is -3.12. The fourth-order valence-electron chi connectivity index (χ4n) is 5.79. The number of rotatable bonds is 7. The molecule has 1 N–H and O–H groups in total. The average Bonchev–Trinajstić information content (AvgIpc) is 3.13. The van der Waals surface area contributed by atoms with Crippen LogP contribution in [0.4, 0.5) is 0 Å². The highest BCUT2D eigenvalue weighted by Crippen LogP contribution is 2.28. The van der Waals surface area contributed by atoms with Gasteiger partial charge in [-0.15, -0.1) is 0 Å². The predicted molar refractivity (Wildman–Crippen MR) is 147 cm³/mol. The van der Waals surface area contributed by atoms with E-state index in [9.17, 15) is 9.59 Å². The van der Waals surface area contributed by atoms with Crippen LogP contribution < -0.4 is 5.32 Å². The zero-order valence-corrected chi connectivity index (χ0v) is 22.1. The summed E-state index contributed by atoms with van der Waals surface area (Å²) in [6.45, 7) is 7.22. The SMILES string of the molecule is CC(C)C(=O)c1ccc2c(c1)CCN(CC[C@H]1CC[C@H](NC(=O)c3ccc4cnccc4n3)CC1)CC2. The third-order valence-corrected chi connectivity index (χ3v) is 8.17. The predicted octanol–water partition coefficient (Wildman–Crippen LogP) is 5.25. The van der Waals surface area contributed by atoms with Crippen molar-refractivity contribution in [3.63, 3.8) is 0 Å². The molecule has 0 radical (unpaired) electrons. The maximum atomic E-state index is 12.8. The zero-order chi connectivity index (χ0) is 25.8. The first kappa shape index (κ1) is 25.5. The molecule has 5 rings (SSSR count). The van der Waals surface area contributed by atoms with E-state index in [0.717, 1.165) is 80.5 Å². The van der Waals surface area contributed by atoms with Gasteiger partial charge in [0, 0.05) is 48.4 Å². The molecule has 37 heavy (non-hydrogen) atoms. The van der Waals surface area contributed by atoms with Crippen molar-refractivity contribution in [2.24, 2.45) is 11.8 Å². The number of aromatic nitrogens is 2. The molecule has 0 saturated heterocycles. The lowest BCUT2D eigenvalue weighted by atomic mass is 9.84. The molecule has 2 aliphatic rings. The van der Waals surface area contributed by atoms with Crippen molar-refractivity contribution >= 4 is 22.6 Å². The van der Waals surface area contributed by atoms with Gasteiger partial charge in [-0.1, -0.05) is 26.0 Å². The molecule has 0 unspecified atom stereocenters. The summed E-state index contributed by atoms with van der Waals surface area (Å²) in [5.41, 5.74) is 4.88. The van der Waals surface area contributed by atoms with E-state index in [1.807, 2.05) is 32.0 Å². The topological polar surface area (TPSA) is 75.2 Å². The standard InChI is InChI=1S/C31H38N4O2/c1-21(2)30(36)25-6-5-23-13-17-35(18-14-24(23)19-25)16-12-22-3-8-27(9-4-22)33-31(37)29-10-7-26-20-32-15-11-28(26)34-29/h5-7,10-11,15,19-22,27H,3-4,8-9,12-14,16-18H2,1-2H3,(H,33,37)/t22-,27-. The van der Waals surface area contributed by atoms with Gasteiger partial charge in [-0.05, 0) is 92.8 Å². The van der Waals surface area contributed by atoms with Gasteiger partial charge in [0.05, 0.1) is 5.52 Å². The molecule has 6 nitrogen and oxygen atoms in total. The first-order valence-corrected chi connectivity index (χ1v) is 13.9. The molecule has 1 saturated carbocycles. The number of fused-ring (bicyclic) bond motifs is 2. The van der Waals surface area contributed by atoms with E-state index < -0.39 is 0 Å². The summed E-state index contributed by atoms with van der Waals surface area (Å²) in [4.78, 5) is 36.4. The van der Waals surface area contributed by atoms with E-state index in [2.05, 4.69) is 32.3 Å². The van der Waals surface area contributed by atoms with Crippen LogP contribution in [-0.2, 0) is 12.8 Å². The van der Waals surface area contributed by atoms with Gasteiger partial charge in [-0.3, -0.25) is 14.6 Å². The summed E-state index contributed by atoms with van der Waals surface area (Å²) in [5, 5.41) is 4.16. The summed E-state index contributed by atoms with van der Waals surface area (Å²) >= 11 is 0. The Morgan fingerprint density at radius 3 is 2.57 bits per heavy atom. The van der Waals surface area contributed by atoms with E-state index in [4.69, 9.17) is 0 Å². The Morgan fingerprint density at radius 1 is 1.00 bits per heavy atom. The fraction of sp³-hybridized carbons (Fsp3) is 0.484. The largest absolute Gasteiger partial charge is 0.348 e. The summed E-state index contributed by atoms with van der Waals surface area (Å²) in [5.74, 6) is 0.920. The number of carbonyl (C=O) groups is 2. The van der Waals surface area contributed by atoms with Crippen molar-refractivity contribution in [2.45, 2.75) is 64.8 Å². The Labute approximate surface area is 219 Å². The number of carbonyl (C=O) groups excluding carboxylic acids is 2. The Bertz CT molecular complexity index is 1260. The number of amides is 1. The number of benzene rings is 1. The van der Waals surface area contributed by atoms with Gasteiger partial charge < -0.3 is 10.2 Å². The van der Waals surface area contributed by atoms with E-state index in [-0.39, 0.29) is 23.7 Å². The lowest BCUT2D eigenvalue weighted by molar-refractivity contribution is 0.0913. The van der Waals surface area contributed by atoms with E-state index in [1.54, 1.807) is 18.5 Å². The molecule has 6 heteroatoms. The quantitative estimate of drug-likeness (QED) is 0.451. The van der Waals surface area contributed by atoms with Gasteiger partial charge in [0.15, 0.2) is 5.78 Å². The first-order chi connectivity index (χ1) is 18.0. The molecule has 1 aliphatic heterocycles. The maximum absolute atomic E-state index is 12.8. The van der Waals surface area contributed by atoms with E-state index in [1.165, 1.54) is 17.5 Å². The highest BCUT2D eigenvalue weighted by Gasteiger charge is 2.24. The number of ketones is 1. The zero-order valence-electron chi connectivity index (χ0n) is 22.1. The number of nitrogens with one attached hydrogen (secondary N) is 1. The molecule has 0 atom stereocenters. The summed E-state index contributed by atoms with van der Waals surface area (Å²) in [7, 11) is 0. The number of pyridine rings is 2. The second-order valence-electron chi connectivity index (χ2n) is 11.1. The maximum Gasteiger partial charge on any atom is 0.270 e. The minimum Gasteiger partial charge on any atom is -0.348 e. The van der Waals surface area contributed by atoms with Gasteiger partial charge in [-0.2, -0.15) is 0 Å². The Balaban J connectivity index is 1.06. The average molecular weight is 499 g/mol. The molecule has 1 amide bonds. The van der Waals surface area contributed by atoms with Crippen LogP contribution in [0.15, 0.2) is 48.8 Å². The van der Waals surface area contributed by atoms with Crippen LogP contribution in [0.25, 0.3) is 10.9 Å². The van der Waals surface area contributed by atoms with Crippen molar-refractivity contribution in [3.8, 4) is 0 Å². The summed E-state index contributed by atoms with van der Waals surface area (Å²) in [6, 6.07) is 12.1. The first-order valence-electron chi connectivity index (χ1n) is 13.9.